The molecule has 20 heavy (non-hydrogen) atoms. The molecule has 0 aromatic heterocycles. The second kappa shape index (κ2) is 6.24. The second-order valence-electron chi connectivity index (χ2n) is 4.15. The van der Waals surface area contributed by atoms with E-state index in [1.807, 2.05) is 22.6 Å². The molecule has 0 bridgehead atoms. The Labute approximate surface area is 134 Å². The van der Waals surface area contributed by atoms with Crippen molar-refractivity contribution >= 4 is 34.2 Å². The summed E-state index contributed by atoms with van der Waals surface area (Å²) in [5, 5.41) is 0.463. The molecule has 0 amide bonds. The SMILES string of the molecule is COc1cc(F)c(C(N)c2cc(Cl)ccc2I)c(F)c1. The van der Waals surface area contributed by atoms with Gasteiger partial charge in [0.1, 0.15) is 17.4 Å². The van der Waals surface area contributed by atoms with E-state index in [9.17, 15) is 8.78 Å². The van der Waals surface area contributed by atoms with E-state index >= 15 is 0 Å². The Morgan fingerprint density at radius 3 is 2.35 bits per heavy atom. The van der Waals surface area contributed by atoms with Crippen LogP contribution in [0.25, 0.3) is 0 Å². The first-order valence-corrected chi connectivity index (χ1v) is 7.13. The number of hydrogen-bond donors (Lipinski definition) is 1. The zero-order chi connectivity index (χ0) is 14.9. The van der Waals surface area contributed by atoms with E-state index in [0.29, 0.717) is 10.6 Å². The number of hydrogen-bond acceptors (Lipinski definition) is 2. The Kier molecular flexibility index (Phi) is 4.82. The summed E-state index contributed by atoms with van der Waals surface area (Å²) >= 11 is 7.96. The molecule has 6 heteroatoms. The van der Waals surface area contributed by atoms with Gasteiger partial charge in [0.05, 0.1) is 13.2 Å². The average Bonchev–Trinajstić information content (AvgIpc) is 2.40. The molecule has 0 aliphatic rings. The van der Waals surface area contributed by atoms with Crippen LogP contribution in [-0.4, -0.2) is 7.11 Å². The highest BCUT2D eigenvalue weighted by Gasteiger charge is 2.21. The fourth-order valence-corrected chi connectivity index (χ4v) is 2.74. The smallest absolute Gasteiger partial charge is 0.134 e. The maximum absolute atomic E-state index is 14.0. The van der Waals surface area contributed by atoms with Crippen molar-refractivity contribution in [2.75, 3.05) is 7.11 Å². The molecular weight excluding hydrogens is 399 g/mol. The Hall–Kier alpha value is -0.920. The molecule has 0 saturated carbocycles. The second-order valence-corrected chi connectivity index (χ2v) is 5.75. The lowest BCUT2D eigenvalue weighted by atomic mass is 9.98. The van der Waals surface area contributed by atoms with Crippen molar-refractivity contribution in [3.05, 3.63) is 61.7 Å². The lowest BCUT2D eigenvalue weighted by molar-refractivity contribution is 0.404. The number of ether oxygens (including phenoxy) is 1. The van der Waals surface area contributed by atoms with Gasteiger partial charge >= 0.3 is 0 Å². The van der Waals surface area contributed by atoms with Gasteiger partial charge in [-0.3, -0.25) is 0 Å². The van der Waals surface area contributed by atoms with E-state index in [-0.39, 0.29) is 11.3 Å². The van der Waals surface area contributed by atoms with Crippen LogP contribution in [0, 0.1) is 15.2 Å². The molecule has 1 atom stereocenters. The molecule has 2 rings (SSSR count). The highest BCUT2D eigenvalue weighted by atomic mass is 127. The van der Waals surface area contributed by atoms with E-state index in [0.717, 1.165) is 15.7 Å². The number of halogens is 4. The predicted molar refractivity (Wildman–Crippen MR) is 83.1 cm³/mol. The molecule has 0 radical (unpaired) electrons. The normalized spacial score (nSPS) is 12.3. The molecule has 0 aliphatic heterocycles. The summed E-state index contributed by atoms with van der Waals surface area (Å²) < 4.78 is 33.7. The summed E-state index contributed by atoms with van der Waals surface area (Å²) in [6, 6.07) is 6.33. The van der Waals surface area contributed by atoms with Gasteiger partial charge in [0.15, 0.2) is 0 Å². The topological polar surface area (TPSA) is 35.2 Å². The van der Waals surface area contributed by atoms with Crippen LogP contribution in [0.3, 0.4) is 0 Å². The molecule has 2 aromatic rings. The van der Waals surface area contributed by atoms with Crippen LogP contribution in [0.5, 0.6) is 5.75 Å². The average molecular weight is 410 g/mol. The van der Waals surface area contributed by atoms with Crippen molar-refractivity contribution in [2.45, 2.75) is 6.04 Å². The van der Waals surface area contributed by atoms with Gasteiger partial charge in [-0.05, 0) is 46.4 Å². The summed E-state index contributed by atoms with van der Waals surface area (Å²) in [5.41, 5.74) is 6.36. The van der Waals surface area contributed by atoms with Crippen LogP contribution >= 0.6 is 34.2 Å². The molecule has 0 fully saturated rings. The Bertz CT molecular complexity index is 628. The maximum Gasteiger partial charge on any atom is 0.134 e. The van der Waals surface area contributed by atoms with Crippen LogP contribution in [0.4, 0.5) is 8.78 Å². The van der Waals surface area contributed by atoms with E-state index in [4.69, 9.17) is 22.1 Å². The predicted octanol–water partition coefficient (Wildman–Crippen LogP) is 4.28. The van der Waals surface area contributed by atoms with Crippen LogP contribution in [0.2, 0.25) is 5.02 Å². The van der Waals surface area contributed by atoms with Gasteiger partial charge < -0.3 is 10.5 Å². The van der Waals surface area contributed by atoms with Gasteiger partial charge in [0.2, 0.25) is 0 Å². The summed E-state index contributed by atoms with van der Waals surface area (Å²) in [6.45, 7) is 0. The Morgan fingerprint density at radius 1 is 1.20 bits per heavy atom. The maximum atomic E-state index is 14.0. The van der Waals surface area contributed by atoms with Crippen molar-refractivity contribution < 1.29 is 13.5 Å². The molecule has 1 unspecified atom stereocenters. The minimum atomic E-state index is -0.938. The Morgan fingerprint density at radius 2 is 1.80 bits per heavy atom. The van der Waals surface area contributed by atoms with Crippen LogP contribution in [0.15, 0.2) is 30.3 Å². The molecule has 0 aliphatic carbocycles. The molecule has 106 valence electrons. The van der Waals surface area contributed by atoms with E-state index in [2.05, 4.69) is 0 Å². The number of benzene rings is 2. The van der Waals surface area contributed by atoms with Gasteiger partial charge in [-0.1, -0.05) is 11.6 Å². The number of nitrogens with two attached hydrogens (primary N) is 1. The minimum absolute atomic E-state index is 0.108. The largest absolute Gasteiger partial charge is 0.497 e. The minimum Gasteiger partial charge on any atom is -0.497 e. The molecule has 2 N–H and O–H groups in total. The van der Waals surface area contributed by atoms with Crippen molar-refractivity contribution in [1.82, 2.24) is 0 Å². The van der Waals surface area contributed by atoms with Crippen molar-refractivity contribution in [1.29, 1.82) is 0 Å². The summed E-state index contributed by atoms with van der Waals surface area (Å²) in [5.74, 6) is -1.38. The molecular formula is C14H11ClF2INO. The number of rotatable bonds is 3. The highest BCUT2D eigenvalue weighted by molar-refractivity contribution is 14.1. The van der Waals surface area contributed by atoms with Crippen molar-refractivity contribution in [2.24, 2.45) is 5.73 Å². The standard InChI is InChI=1S/C14H11ClF2INO/c1-20-8-5-10(16)13(11(17)6-8)14(19)9-4-7(15)2-3-12(9)18/h2-6,14H,19H2,1H3. The summed E-state index contributed by atoms with van der Waals surface area (Å²) in [4.78, 5) is 0. The fourth-order valence-electron chi connectivity index (χ4n) is 1.88. The first-order chi connectivity index (χ1) is 9.43. The van der Waals surface area contributed by atoms with Gasteiger partial charge in [-0.2, -0.15) is 0 Å². The van der Waals surface area contributed by atoms with E-state index < -0.39 is 17.7 Å². The zero-order valence-electron chi connectivity index (χ0n) is 10.5. The van der Waals surface area contributed by atoms with Crippen LogP contribution in [-0.2, 0) is 0 Å². The van der Waals surface area contributed by atoms with Gasteiger partial charge in [0.25, 0.3) is 0 Å². The molecule has 0 saturated heterocycles. The Balaban J connectivity index is 2.53. The number of methoxy groups -OCH3 is 1. The van der Waals surface area contributed by atoms with Crippen molar-refractivity contribution in [3.8, 4) is 5.75 Å². The highest BCUT2D eigenvalue weighted by Crippen LogP contribution is 2.31. The summed E-state index contributed by atoms with van der Waals surface area (Å²) in [7, 11) is 1.34. The fraction of sp³-hybridized carbons (Fsp3) is 0.143. The van der Waals surface area contributed by atoms with E-state index in [1.165, 1.54) is 7.11 Å². The third-order valence-electron chi connectivity index (χ3n) is 2.89. The monoisotopic (exact) mass is 409 g/mol. The first-order valence-electron chi connectivity index (χ1n) is 5.67. The van der Waals surface area contributed by atoms with Gasteiger partial charge in [-0.15, -0.1) is 0 Å². The molecule has 2 aromatic carbocycles. The van der Waals surface area contributed by atoms with E-state index in [1.54, 1.807) is 18.2 Å². The lowest BCUT2D eigenvalue weighted by Gasteiger charge is -2.17. The first kappa shape index (κ1) is 15.5. The molecule has 0 heterocycles. The van der Waals surface area contributed by atoms with Crippen molar-refractivity contribution in [3.63, 3.8) is 0 Å². The third kappa shape index (κ3) is 3.05. The van der Waals surface area contributed by atoms with Crippen LogP contribution < -0.4 is 10.5 Å². The quantitative estimate of drug-likeness (QED) is 0.768. The third-order valence-corrected chi connectivity index (χ3v) is 4.11. The van der Waals surface area contributed by atoms with Crippen LogP contribution in [0.1, 0.15) is 17.2 Å². The molecule has 0 spiro atoms. The van der Waals surface area contributed by atoms with Gasteiger partial charge in [-0.25, -0.2) is 8.78 Å². The zero-order valence-corrected chi connectivity index (χ0v) is 13.4. The lowest BCUT2D eigenvalue weighted by Crippen LogP contribution is -2.17. The summed E-state index contributed by atoms with van der Waals surface area (Å²) in [6.07, 6.45) is 0. The van der Waals surface area contributed by atoms with Gasteiger partial charge in [0, 0.05) is 26.3 Å². The molecule has 2 nitrogen and oxygen atoms in total.